The maximum atomic E-state index is 12.4. The summed E-state index contributed by atoms with van der Waals surface area (Å²) in [5.41, 5.74) is 2.06. The second-order valence-corrected chi connectivity index (χ2v) is 7.34. The predicted molar refractivity (Wildman–Crippen MR) is 102 cm³/mol. The van der Waals surface area contributed by atoms with Gasteiger partial charge in [-0.15, -0.1) is 0 Å². The molecule has 0 spiro atoms. The van der Waals surface area contributed by atoms with Crippen LogP contribution < -0.4 is 4.72 Å². The fourth-order valence-corrected chi connectivity index (χ4v) is 3.56. The highest BCUT2D eigenvalue weighted by atomic mass is 32.2. The van der Waals surface area contributed by atoms with Crippen LogP contribution in [0.4, 0.5) is 0 Å². The molecule has 0 aromatic heterocycles. The van der Waals surface area contributed by atoms with Gasteiger partial charge in [0.25, 0.3) is 0 Å². The molecular formula is C20H27NO3S. The monoisotopic (exact) mass is 361 g/mol. The number of aryl methyl sites for hydroxylation is 2. The number of carbonyl (C=O) groups is 1. The van der Waals surface area contributed by atoms with E-state index < -0.39 is 16.1 Å². The van der Waals surface area contributed by atoms with Crippen molar-refractivity contribution in [3.05, 3.63) is 65.7 Å². The topological polar surface area (TPSA) is 63.2 Å². The molecule has 2 aromatic rings. The van der Waals surface area contributed by atoms with Crippen molar-refractivity contribution in [2.45, 2.75) is 51.5 Å². The zero-order chi connectivity index (χ0) is 18.9. The molecule has 0 aliphatic carbocycles. The molecule has 0 radical (unpaired) electrons. The molecule has 2 aromatic carbocycles. The summed E-state index contributed by atoms with van der Waals surface area (Å²) < 4.78 is 27.3. The molecule has 1 N–H and O–H groups in total. The molecule has 0 unspecified atom stereocenters. The number of carbonyl (C=O) groups excluding carboxylic acids is 1. The third kappa shape index (κ3) is 6.80. The molecule has 25 heavy (non-hydrogen) atoms. The number of benzene rings is 2. The van der Waals surface area contributed by atoms with Crippen LogP contribution in [0.2, 0.25) is 0 Å². The van der Waals surface area contributed by atoms with Crippen LogP contribution in [0.15, 0.2) is 59.5 Å². The van der Waals surface area contributed by atoms with Crippen molar-refractivity contribution >= 4 is 15.8 Å². The molecule has 1 atom stereocenters. The van der Waals surface area contributed by atoms with Gasteiger partial charge in [-0.3, -0.25) is 4.79 Å². The van der Waals surface area contributed by atoms with Gasteiger partial charge < -0.3 is 0 Å². The van der Waals surface area contributed by atoms with E-state index in [1.165, 1.54) is 6.92 Å². The fraction of sp³-hybridized carbons (Fsp3) is 0.350. The lowest BCUT2D eigenvalue weighted by Crippen LogP contribution is -2.40. The van der Waals surface area contributed by atoms with Crippen molar-refractivity contribution in [2.24, 2.45) is 0 Å². The number of nitrogens with one attached hydrogen (secondary N) is 1. The zero-order valence-electron chi connectivity index (χ0n) is 15.3. The average Bonchev–Trinajstić information content (AvgIpc) is 2.61. The van der Waals surface area contributed by atoms with Crippen molar-refractivity contribution in [3.63, 3.8) is 0 Å². The van der Waals surface area contributed by atoms with E-state index in [1.54, 1.807) is 24.3 Å². The molecule has 0 aliphatic heterocycles. The Kier molecular flexibility index (Phi) is 8.52. The maximum absolute atomic E-state index is 12.4. The molecule has 136 valence electrons. The highest BCUT2D eigenvalue weighted by Crippen LogP contribution is 2.13. The normalized spacial score (nSPS) is 12.0. The van der Waals surface area contributed by atoms with Crippen molar-refractivity contribution in [2.75, 3.05) is 0 Å². The van der Waals surface area contributed by atoms with Gasteiger partial charge in [0.15, 0.2) is 0 Å². The maximum Gasteiger partial charge on any atom is 0.241 e. The third-order valence-corrected chi connectivity index (χ3v) is 5.17. The van der Waals surface area contributed by atoms with Crippen molar-refractivity contribution in [3.8, 4) is 0 Å². The second kappa shape index (κ2) is 10.1. The van der Waals surface area contributed by atoms with Crippen LogP contribution in [0.5, 0.6) is 0 Å². The second-order valence-electron chi connectivity index (χ2n) is 5.62. The summed E-state index contributed by atoms with van der Waals surface area (Å²) in [7, 11) is -3.70. The Balaban J connectivity index is 0.00000151. The Morgan fingerprint density at radius 1 is 1.00 bits per heavy atom. The number of hydrogen-bond acceptors (Lipinski definition) is 3. The highest BCUT2D eigenvalue weighted by molar-refractivity contribution is 7.89. The zero-order valence-corrected chi connectivity index (χ0v) is 16.1. The van der Waals surface area contributed by atoms with Crippen LogP contribution in [0, 0.1) is 6.92 Å². The van der Waals surface area contributed by atoms with Gasteiger partial charge in [0.1, 0.15) is 5.78 Å². The summed E-state index contributed by atoms with van der Waals surface area (Å²) in [6.07, 6.45) is 1.08. The number of hydrogen-bond donors (Lipinski definition) is 1. The van der Waals surface area contributed by atoms with Crippen LogP contribution in [0.3, 0.4) is 0 Å². The first kappa shape index (κ1) is 21.1. The van der Waals surface area contributed by atoms with E-state index >= 15 is 0 Å². The fourth-order valence-electron chi connectivity index (χ4n) is 2.27. The van der Waals surface area contributed by atoms with Crippen LogP contribution in [0.1, 0.15) is 38.3 Å². The highest BCUT2D eigenvalue weighted by Gasteiger charge is 2.23. The van der Waals surface area contributed by atoms with Gasteiger partial charge in [0.05, 0.1) is 10.9 Å². The Bertz CT molecular complexity index is 753. The first-order valence-corrected chi connectivity index (χ1v) is 10.0. The quantitative estimate of drug-likeness (QED) is 0.814. The summed E-state index contributed by atoms with van der Waals surface area (Å²) in [5.74, 6) is -0.184. The summed E-state index contributed by atoms with van der Waals surface area (Å²) in [5, 5.41) is 0. The summed E-state index contributed by atoms with van der Waals surface area (Å²) in [6, 6.07) is 15.6. The lowest BCUT2D eigenvalue weighted by molar-refractivity contribution is -0.118. The summed E-state index contributed by atoms with van der Waals surface area (Å²) in [4.78, 5) is 12.0. The number of Topliss-reactive ketones (excluding diaryl/α,β-unsaturated/α-hetero) is 1. The van der Waals surface area contributed by atoms with E-state index in [0.717, 1.165) is 11.1 Å². The van der Waals surface area contributed by atoms with Crippen molar-refractivity contribution in [1.82, 2.24) is 4.72 Å². The van der Waals surface area contributed by atoms with Gasteiger partial charge >= 0.3 is 0 Å². The molecule has 0 amide bonds. The lowest BCUT2D eigenvalue weighted by atomic mass is 10.0. The van der Waals surface area contributed by atoms with Crippen molar-refractivity contribution < 1.29 is 13.2 Å². The van der Waals surface area contributed by atoms with Crippen LogP contribution >= 0.6 is 0 Å². The summed E-state index contributed by atoms with van der Waals surface area (Å²) in [6.45, 7) is 7.30. The predicted octanol–water partition coefficient (Wildman–Crippen LogP) is 3.89. The smallest absolute Gasteiger partial charge is 0.241 e. The molecule has 2 rings (SSSR count). The Labute approximate surface area is 151 Å². The first-order valence-electron chi connectivity index (χ1n) is 8.52. The van der Waals surface area contributed by atoms with E-state index in [0.29, 0.717) is 12.8 Å². The molecule has 0 heterocycles. The molecule has 0 bridgehead atoms. The first-order chi connectivity index (χ1) is 11.9. The number of ketones is 1. The minimum Gasteiger partial charge on any atom is -0.298 e. The van der Waals surface area contributed by atoms with E-state index in [2.05, 4.69) is 4.72 Å². The van der Waals surface area contributed by atoms with Gasteiger partial charge in [0.2, 0.25) is 10.0 Å². The van der Waals surface area contributed by atoms with Gasteiger partial charge in [0, 0.05) is 0 Å². The Hall–Kier alpha value is -1.98. The molecule has 0 aliphatic rings. The van der Waals surface area contributed by atoms with E-state index in [4.69, 9.17) is 0 Å². The van der Waals surface area contributed by atoms with Crippen LogP contribution in [0.25, 0.3) is 0 Å². The Morgan fingerprint density at radius 3 is 2.08 bits per heavy atom. The average molecular weight is 362 g/mol. The molecular weight excluding hydrogens is 334 g/mol. The van der Waals surface area contributed by atoms with E-state index in [-0.39, 0.29) is 10.7 Å². The summed E-state index contributed by atoms with van der Waals surface area (Å²) >= 11 is 0. The minimum atomic E-state index is -3.70. The SMILES string of the molecule is CC.CC(=O)[C@@H](CCc1ccccc1)NS(=O)(=O)c1ccc(C)cc1. The molecule has 5 heteroatoms. The Morgan fingerprint density at radius 2 is 1.56 bits per heavy atom. The molecule has 0 fully saturated rings. The molecule has 0 saturated heterocycles. The number of sulfonamides is 1. The standard InChI is InChI=1S/C18H21NO3S.C2H6/c1-14-8-11-17(12-9-14)23(21,22)19-18(15(2)20)13-10-16-6-4-3-5-7-16;1-2/h3-9,11-12,18-19H,10,13H2,1-2H3;1-2H3/t18-;/m1./s1. The lowest BCUT2D eigenvalue weighted by Gasteiger charge is -2.16. The van der Waals surface area contributed by atoms with Gasteiger partial charge in [-0.1, -0.05) is 61.9 Å². The van der Waals surface area contributed by atoms with Gasteiger partial charge in [-0.25, -0.2) is 13.1 Å². The molecule has 0 saturated carbocycles. The number of rotatable bonds is 7. The molecule has 4 nitrogen and oxygen atoms in total. The van der Waals surface area contributed by atoms with E-state index in [9.17, 15) is 13.2 Å². The van der Waals surface area contributed by atoms with Gasteiger partial charge in [-0.05, 0) is 44.4 Å². The van der Waals surface area contributed by atoms with Gasteiger partial charge in [-0.2, -0.15) is 0 Å². The van der Waals surface area contributed by atoms with Crippen LogP contribution in [-0.4, -0.2) is 20.2 Å². The third-order valence-electron chi connectivity index (χ3n) is 3.68. The van der Waals surface area contributed by atoms with E-state index in [1.807, 2.05) is 51.1 Å². The van der Waals surface area contributed by atoms with Crippen LogP contribution in [-0.2, 0) is 21.2 Å². The minimum absolute atomic E-state index is 0.175. The largest absolute Gasteiger partial charge is 0.298 e. The van der Waals surface area contributed by atoms with Crippen molar-refractivity contribution in [1.29, 1.82) is 0 Å².